The van der Waals surface area contributed by atoms with Crippen LogP contribution in [-0.2, 0) is 4.74 Å². The second-order valence-corrected chi connectivity index (χ2v) is 3.42. The summed E-state index contributed by atoms with van der Waals surface area (Å²) in [7, 11) is 0. The van der Waals surface area contributed by atoms with Crippen molar-refractivity contribution >= 4 is 0 Å². The van der Waals surface area contributed by atoms with Gasteiger partial charge in [0, 0.05) is 18.5 Å². The molecule has 0 amide bonds. The Labute approximate surface area is 60.4 Å². The van der Waals surface area contributed by atoms with E-state index in [1.165, 1.54) is 0 Å². The van der Waals surface area contributed by atoms with E-state index in [1.807, 2.05) is 0 Å². The molecule has 0 aliphatic carbocycles. The molecular weight excluding hydrogens is 130 g/mol. The van der Waals surface area contributed by atoms with Gasteiger partial charge in [-0.2, -0.15) is 0 Å². The Morgan fingerprint density at radius 1 is 1.60 bits per heavy atom. The summed E-state index contributed by atoms with van der Waals surface area (Å²) >= 11 is 0. The van der Waals surface area contributed by atoms with E-state index >= 15 is 0 Å². The SMILES string of the molecule is OC[C@H]1CC2(CNC2)CO1. The second-order valence-electron chi connectivity index (χ2n) is 3.42. The molecule has 0 aromatic heterocycles. The third-order valence-electron chi connectivity index (χ3n) is 2.49. The Morgan fingerprint density at radius 3 is 2.70 bits per heavy atom. The summed E-state index contributed by atoms with van der Waals surface area (Å²) in [6.07, 6.45) is 1.15. The van der Waals surface area contributed by atoms with Crippen LogP contribution < -0.4 is 5.32 Å². The minimum Gasteiger partial charge on any atom is -0.394 e. The molecule has 2 N–H and O–H groups in total. The fourth-order valence-electron chi connectivity index (χ4n) is 1.74. The molecule has 2 heterocycles. The van der Waals surface area contributed by atoms with Crippen LogP contribution in [0.5, 0.6) is 0 Å². The molecule has 0 unspecified atom stereocenters. The van der Waals surface area contributed by atoms with Crippen molar-refractivity contribution < 1.29 is 9.84 Å². The second kappa shape index (κ2) is 2.19. The van der Waals surface area contributed by atoms with Gasteiger partial charge in [0.15, 0.2) is 0 Å². The number of hydrogen-bond acceptors (Lipinski definition) is 3. The maximum atomic E-state index is 8.77. The van der Waals surface area contributed by atoms with Gasteiger partial charge in [-0.3, -0.25) is 0 Å². The zero-order chi connectivity index (χ0) is 7.03. The van der Waals surface area contributed by atoms with E-state index in [-0.39, 0.29) is 12.7 Å². The van der Waals surface area contributed by atoms with Gasteiger partial charge in [0.1, 0.15) is 0 Å². The molecule has 58 valence electrons. The summed E-state index contributed by atoms with van der Waals surface area (Å²) in [5.41, 5.74) is 0.396. The summed E-state index contributed by atoms with van der Waals surface area (Å²) in [5, 5.41) is 12.0. The fraction of sp³-hybridized carbons (Fsp3) is 1.00. The van der Waals surface area contributed by atoms with Crippen LogP contribution in [0, 0.1) is 5.41 Å². The summed E-state index contributed by atoms with van der Waals surface area (Å²) in [4.78, 5) is 0. The highest BCUT2D eigenvalue weighted by atomic mass is 16.5. The van der Waals surface area contributed by atoms with Crippen molar-refractivity contribution in [1.82, 2.24) is 5.32 Å². The quantitative estimate of drug-likeness (QED) is 0.513. The molecule has 2 saturated heterocycles. The molecule has 10 heavy (non-hydrogen) atoms. The van der Waals surface area contributed by atoms with Crippen LogP contribution in [0.4, 0.5) is 0 Å². The first-order chi connectivity index (χ1) is 4.85. The lowest BCUT2D eigenvalue weighted by atomic mass is 9.80. The van der Waals surface area contributed by atoms with E-state index in [0.29, 0.717) is 5.41 Å². The van der Waals surface area contributed by atoms with E-state index in [1.54, 1.807) is 0 Å². The molecule has 1 spiro atoms. The first kappa shape index (κ1) is 6.58. The molecule has 1 atom stereocenters. The van der Waals surface area contributed by atoms with Gasteiger partial charge in [-0.1, -0.05) is 0 Å². The molecule has 2 aliphatic rings. The topological polar surface area (TPSA) is 41.5 Å². The Kier molecular flexibility index (Phi) is 1.44. The number of nitrogens with one attached hydrogen (secondary N) is 1. The Morgan fingerprint density at radius 2 is 2.40 bits per heavy atom. The first-order valence-corrected chi connectivity index (χ1v) is 3.78. The van der Waals surface area contributed by atoms with E-state index in [0.717, 1.165) is 26.1 Å². The first-order valence-electron chi connectivity index (χ1n) is 3.78. The minimum atomic E-state index is 0.113. The van der Waals surface area contributed by atoms with Crippen molar-refractivity contribution in [2.24, 2.45) is 5.41 Å². The lowest BCUT2D eigenvalue weighted by Gasteiger charge is -2.37. The largest absolute Gasteiger partial charge is 0.394 e. The molecule has 3 nitrogen and oxygen atoms in total. The van der Waals surface area contributed by atoms with Gasteiger partial charge in [0.05, 0.1) is 19.3 Å². The standard InChI is InChI=1S/C7H13NO2/c9-2-6-1-7(5-10-6)3-8-4-7/h6,8-9H,1-5H2/t6-/m1/s1. The summed E-state index contributed by atoms with van der Waals surface area (Å²) in [6, 6.07) is 0. The molecule has 2 fully saturated rings. The van der Waals surface area contributed by atoms with Crippen LogP contribution in [0.15, 0.2) is 0 Å². The van der Waals surface area contributed by atoms with Gasteiger partial charge in [-0.25, -0.2) is 0 Å². The van der Waals surface area contributed by atoms with E-state index < -0.39 is 0 Å². The molecule has 0 saturated carbocycles. The van der Waals surface area contributed by atoms with Crippen LogP contribution in [-0.4, -0.2) is 37.5 Å². The van der Waals surface area contributed by atoms with E-state index in [9.17, 15) is 0 Å². The maximum absolute atomic E-state index is 8.77. The average molecular weight is 143 g/mol. The monoisotopic (exact) mass is 143 g/mol. The molecule has 2 aliphatic heterocycles. The fourth-order valence-corrected chi connectivity index (χ4v) is 1.74. The van der Waals surface area contributed by atoms with Crippen LogP contribution in [0.25, 0.3) is 0 Å². The Bertz CT molecular complexity index is 134. The van der Waals surface area contributed by atoms with Gasteiger partial charge >= 0.3 is 0 Å². The van der Waals surface area contributed by atoms with Crippen molar-refractivity contribution in [1.29, 1.82) is 0 Å². The molecule has 3 heteroatoms. The normalized spacial score (nSPS) is 36.3. The molecule has 0 aromatic carbocycles. The predicted octanol–water partition coefficient (Wildman–Crippen LogP) is -0.643. The summed E-state index contributed by atoms with van der Waals surface area (Å²) in [6.45, 7) is 3.17. The van der Waals surface area contributed by atoms with Crippen molar-refractivity contribution in [3.63, 3.8) is 0 Å². The highest BCUT2D eigenvalue weighted by molar-refractivity contribution is 4.97. The smallest absolute Gasteiger partial charge is 0.0813 e. The van der Waals surface area contributed by atoms with Crippen molar-refractivity contribution in [2.75, 3.05) is 26.3 Å². The zero-order valence-electron chi connectivity index (χ0n) is 5.97. The van der Waals surface area contributed by atoms with Gasteiger partial charge in [0.2, 0.25) is 0 Å². The number of hydrogen-bond donors (Lipinski definition) is 2. The van der Waals surface area contributed by atoms with Crippen LogP contribution in [0.1, 0.15) is 6.42 Å². The number of aliphatic hydroxyl groups is 1. The van der Waals surface area contributed by atoms with Crippen molar-refractivity contribution in [2.45, 2.75) is 12.5 Å². The van der Waals surface area contributed by atoms with E-state index in [2.05, 4.69) is 5.32 Å². The zero-order valence-corrected chi connectivity index (χ0v) is 5.97. The molecule has 2 rings (SSSR count). The number of aliphatic hydroxyl groups excluding tert-OH is 1. The van der Waals surface area contributed by atoms with Crippen LogP contribution in [0.3, 0.4) is 0 Å². The minimum absolute atomic E-state index is 0.113. The number of rotatable bonds is 1. The van der Waals surface area contributed by atoms with Crippen LogP contribution >= 0.6 is 0 Å². The molecular formula is C7H13NO2. The number of ether oxygens (including phenoxy) is 1. The average Bonchev–Trinajstić information content (AvgIpc) is 2.29. The van der Waals surface area contributed by atoms with Gasteiger partial charge in [-0.15, -0.1) is 0 Å². The maximum Gasteiger partial charge on any atom is 0.0813 e. The van der Waals surface area contributed by atoms with Gasteiger partial charge in [0.25, 0.3) is 0 Å². The lowest BCUT2D eigenvalue weighted by molar-refractivity contribution is 0.0474. The lowest BCUT2D eigenvalue weighted by Crippen LogP contribution is -2.53. The van der Waals surface area contributed by atoms with Crippen molar-refractivity contribution in [3.05, 3.63) is 0 Å². The van der Waals surface area contributed by atoms with Crippen molar-refractivity contribution in [3.8, 4) is 0 Å². The predicted molar refractivity (Wildman–Crippen MR) is 36.7 cm³/mol. The summed E-state index contributed by atoms with van der Waals surface area (Å²) in [5.74, 6) is 0. The Hall–Kier alpha value is -0.120. The van der Waals surface area contributed by atoms with Crippen LogP contribution in [0.2, 0.25) is 0 Å². The third kappa shape index (κ3) is 0.856. The molecule has 0 bridgehead atoms. The van der Waals surface area contributed by atoms with Gasteiger partial charge < -0.3 is 15.2 Å². The molecule has 0 aromatic rings. The summed E-state index contributed by atoms with van der Waals surface area (Å²) < 4.78 is 5.37. The third-order valence-corrected chi connectivity index (χ3v) is 2.49. The van der Waals surface area contributed by atoms with E-state index in [4.69, 9.17) is 9.84 Å². The highest BCUT2D eigenvalue weighted by Gasteiger charge is 2.44. The highest BCUT2D eigenvalue weighted by Crippen LogP contribution is 2.35. The molecule has 0 radical (unpaired) electrons. The Balaban J connectivity index is 1.92. The van der Waals surface area contributed by atoms with Gasteiger partial charge in [-0.05, 0) is 6.42 Å².